The fourth-order valence-corrected chi connectivity index (χ4v) is 15.3. The number of allylic oxidation sites excluding steroid dienone is 1. The van der Waals surface area contributed by atoms with Gasteiger partial charge in [-0.1, -0.05) is 67.4 Å². The van der Waals surface area contributed by atoms with E-state index in [1.165, 1.54) is 46.7 Å². The molecule has 5 aliphatic rings. The van der Waals surface area contributed by atoms with Crippen LogP contribution in [0.1, 0.15) is 89.0 Å². The molecule has 4 aliphatic heterocycles. The molecule has 0 spiro atoms. The molecule has 5 aromatic rings. The molecule has 1 aliphatic carbocycles. The van der Waals surface area contributed by atoms with Gasteiger partial charge in [-0.2, -0.15) is 13.2 Å². The second-order valence-corrected chi connectivity index (χ2v) is 29.1. The zero-order valence-electron chi connectivity index (χ0n) is 50.0. The third-order valence-corrected chi connectivity index (χ3v) is 21.4. The van der Waals surface area contributed by atoms with Gasteiger partial charge < -0.3 is 25.2 Å². The molecule has 0 aromatic heterocycles. The number of amides is 5. The van der Waals surface area contributed by atoms with E-state index in [4.69, 9.17) is 16.3 Å². The Balaban J connectivity index is 0.718. The fraction of sp³-hybridized carbons (Fsp3) is 0.422. The highest BCUT2D eigenvalue weighted by Crippen LogP contribution is 2.43. The van der Waals surface area contributed by atoms with Gasteiger partial charge in [-0.05, 0) is 128 Å². The summed E-state index contributed by atoms with van der Waals surface area (Å²) in [4.78, 5) is 73.1. The summed E-state index contributed by atoms with van der Waals surface area (Å²) in [5.41, 5.74) is -0.502. The van der Waals surface area contributed by atoms with Crippen molar-refractivity contribution in [3.8, 4) is 0 Å². The second-order valence-electron chi connectivity index (χ2n) is 23.9. The number of rotatable bonds is 24. The molecule has 0 radical (unpaired) electrons. The lowest BCUT2D eigenvalue weighted by Crippen LogP contribution is -2.54. The molecule has 2 unspecified atom stereocenters. The number of alkyl halides is 3. The van der Waals surface area contributed by atoms with Crippen LogP contribution >= 0.6 is 23.4 Å². The molecule has 4 heterocycles. The van der Waals surface area contributed by atoms with Gasteiger partial charge in [0.1, 0.15) is 10.9 Å². The van der Waals surface area contributed by atoms with Crippen molar-refractivity contribution in [1.82, 2.24) is 29.6 Å². The quantitative estimate of drug-likeness (QED) is 0.0257. The number of thioether (sulfide) groups is 1. The zero-order chi connectivity index (χ0) is 64.0. The predicted octanol–water partition coefficient (Wildman–Crippen LogP) is 8.65. The highest BCUT2D eigenvalue weighted by atomic mass is 35.5. The van der Waals surface area contributed by atoms with Crippen molar-refractivity contribution in [3.63, 3.8) is 0 Å². The van der Waals surface area contributed by atoms with Gasteiger partial charge in [-0.15, -0.1) is 11.8 Å². The minimum absolute atomic E-state index is 0.0145. The Morgan fingerprint density at radius 2 is 1.47 bits per heavy atom. The monoisotopic (exact) mass is 1320 g/mol. The summed E-state index contributed by atoms with van der Waals surface area (Å²) in [6.45, 7) is 13.3. The van der Waals surface area contributed by atoms with E-state index in [-0.39, 0.29) is 41.6 Å². The molecule has 10 rings (SSSR count). The van der Waals surface area contributed by atoms with Gasteiger partial charge in [-0.25, -0.2) is 21.6 Å². The van der Waals surface area contributed by atoms with Crippen LogP contribution in [0.5, 0.6) is 0 Å². The first kappa shape index (κ1) is 66.1. The van der Waals surface area contributed by atoms with E-state index in [0.717, 1.165) is 66.5 Å². The lowest BCUT2D eigenvalue weighted by Gasteiger charge is -2.39. The molecule has 0 bridgehead atoms. The molecule has 4 N–H and O–H groups in total. The number of nitrogens with one attached hydrogen (secondary N) is 4. The number of fused-ring (bicyclic) bond motifs is 1. The summed E-state index contributed by atoms with van der Waals surface area (Å²) in [6, 6.07) is 29.2. The van der Waals surface area contributed by atoms with Crippen LogP contribution in [0.15, 0.2) is 136 Å². The van der Waals surface area contributed by atoms with Gasteiger partial charge in [0.05, 0.1) is 34.9 Å². The van der Waals surface area contributed by atoms with Gasteiger partial charge in [0.15, 0.2) is 0 Å². The standard InChI is InChI=1S/C64H73ClF3N9O10S3/c1-63(2)25-23-51(43-11-15-46(65)16-12-43)45(40-63)41-75-32-34-76(35-33-75)48-17-13-44(14-18-48)59(79)72-90(85,86)50-19-20-53(56(39-50)89(83,84)64(66,67)68)70-47(42-88-49-7-4-3-5-8-49)24-27-73-28-30-74(31-29-73)36-38-87-37-26-69-54-10-6-9-52-58(54)62(82)77(61(52)81)55-21-22-57(78)71-60(55)80/h3-20,39,47,55,69-70H,21-38,40-42H2,1-2H3,(H,72,79)(H,71,78,80). The van der Waals surface area contributed by atoms with E-state index in [9.17, 15) is 54.0 Å². The smallest absolute Gasteiger partial charge is 0.382 e. The number of piperidine rings is 1. The Labute approximate surface area is 532 Å². The minimum Gasteiger partial charge on any atom is -0.382 e. The minimum atomic E-state index is -6.15. The topological polar surface area (TPSA) is 227 Å². The molecular formula is C64H73ClF3N9O10S3. The molecule has 3 saturated heterocycles. The Morgan fingerprint density at radius 3 is 2.16 bits per heavy atom. The van der Waals surface area contributed by atoms with Crippen molar-refractivity contribution in [3.05, 3.63) is 148 Å². The summed E-state index contributed by atoms with van der Waals surface area (Å²) < 4.78 is 106. The number of anilines is 3. The van der Waals surface area contributed by atoms with Crippen LogP contribution in [-0.2, 0) is 34.2 Å². The summed E-state index contributed by atoms with van der Waals surface area (Å²) >= 11 is 7.63. The molecule has 19 nitrogen and oxygen atoms in total. The molecule has 5 aromatic carbocycles. The first-order valence-corrected chi connectivity index (χ1v) is 34.4. The van der Waals surface area contributed by atoms with E-state index in [1.807, 2.05) is 47.2 Å². The summed E-state index contributed by atoms with van der Waals surface area (Å²) in [5, 5.41) is 9.10. The lowest BCUT2D eigenvalue weighted by molar-refractivity contribution is -0.136. The first-order chi connectivity index (χ1) is 42.9. The SMILES string of the molecule is CC1(C)CCC(c2ccc(Cl)cc2)=C(CN2CCN(c3ccc(C(=O)NS(=O)(=O)c4ccc(NC(CCN5CCN(CCOCCNc6cccc7c6C(=O)N(C6CCC(=O)NC6=O)C7=O)CC5)CSc5ccccc5)c(S(=O)(=O)C(F)(F)F)c4)cc3)CC2)C1. The van der Waals surface area contributed by atoms with Crippen molar-refractivity contribution in [1.29, 1.82) is 0 Å². The van der Waals surface area contributed by atoms with Crippen LogP contribution in [0.4, 0.5) is 30.2 Å². The number of ether oxygens (including phenoxy) is 1. The van der Waals surface area contributed by atoms with Gasteiger partial charge in [-0.3, -0.25) is 44.0 Å². The number of sulfonamides is 1. The predicted molar refractivity (Wildman–Crippen MR) is 340 cm³/mol. The number of sulfone groups is 1. The Kier molecular flexibility index (Phi) is 20.8. The van der Waals surface area contributed by atoms with Gasteiger partial charge >= 0.3 is 5.51 Å². The highest BCUT2D eigenvalue weighted by molar-refractivity contribution is 7.99. The van der Waals surface area contributed by atoms with Gasteiger partial charge in [0, 0.05) is 124 Å². The number of nitrogens with zero attached hydrogens (tertiary/aromatic N) is 5. The lowest BCUT2D eigenvalue weighted by atomic mass is 9.73. The molecule has 2 atom stereocenters. The number of halogens is 4. The Bertz CT molecular complexity index is 3740. The van der Waals surface area contributed by atoms with Crippen molar-refractivity contribution < 1.29 is 58.7 Å². The maximum Gasteiger partial charge on any atom is 0.501 e. The second kappa shape index (κ2) is 28.4. The van der Waals surface area contributed by atoms with E-state index < -0.39 is 82.5 Å². The zero-order valence-corrected chi connectivity index (χ0v) is 53.2. The number of hydrogen-bond acceptors (Lipinski definition) is 17. The van der Waals surface area contributed by atoms with E-state index in [2.05, 4.69) is 61.5 Å². The number of carbonyl (C=O) groups is 5. The maximum atomic E-state index is 14.5. The molecule has 90 heavy (non-hydrogen) atoms. The Hall–Kier alpha value is -6.84. The summed E-state index contributed by atoms with van der Waals surface area (Å²) in [7, 11) is -11.1. The highest BCUT2D eigenvalue weighted by Gasteiger charge is 2.49. The third-order valence-electron chi connectivity index (χ3n) is 17.1. The van der Waals surface area contributed by atoms with Crippen LogP contribution in [0.25, 0.3) is 5.57 Å². The average molecular weight is 1320 g/mol. The number of imide groups is 2. The third kappa shape index (κ3) is 15.9. The largest absolute Gasteiger partial charge is 0.501 e. The van der Waals surface area contributed by atoms with Gasteiger partial charge in [0.2, 0.25) is 11.8 Å². The Morgan fingerprint density at radius 1 is 0.778 bits per heavy atom. The number of carbonyl (C=O) groups excluding carboxylic acids is 5. The summed E-state index contributed by atoms with van der Waals surface area (Å²) in [6.07, 6.45) is 3.53. The maximum absolute atomic E-state index is 14.5. The first-order valence-electron chi connectivity index (χ1n) is 30.0. The fourth-order valence-electron chi connectivity index (χ4n) is 12.1. The number of benzene rings is 5. The normalized spacial score (nSPS) is 19.2. The van der Waals surface area contributed by atoms with Crippen molar-refractivity contribution in [2.24, 2.45) is 5.41 Å². The van der Waals surface area contributed by atoms with Crippen LogP contribution in [-0.4, -0.2) is 181 Å². The molecule has 480 valence electrons. The van der Waals surface area contributed by atoms with Crippen molar-refractivity contribution in [2.45, 2.75) is 84.7 Å². The van der Waals surface area contributed by atoms with E-state index >= 15 is 0 Å². The van der Waals surface area contributed by atoms with Gasteiger partial charge in [0.25, 0.3) is 37.6 Å². The van der Waals surface area contributed by atoms with Crippen molar-refractivity contribution >= 4 is 95.4 Å². The molecule has 3 fully saturated rings. The van der Waals surface area contributed by atoms with Crippen LogP contribution in [0.2, 0.25) is 5.02 Å². The van der Waals surface area contributed by atoms with Crippen LogP contribution in [0.3, 0.4) is 0 Å². The number of piperazine rings is 2. The van der Waals surface area contributed by atoms with E-state index in [0.29, 0.717) is 94.5 Å². The van der Waals surface area contributed by atoms with E-state index in [1.54, 1.807) is 24.3 Å². The average Bonchev–Trinajstić information content (AvgIpc) is 1.53. The summed E-state index contributed by atoms with van der Waals surface area (Å²) in [5.74, 6) is -3.11. The molecule has 26 heteroatoms. The number of hydrogen-bond donors (Lipinski definition) is 4. The van der Waals surface area contributed by atoms with Crippen LogP contribution < -0.4 is 25.6 Å². The van der Waals surface area contributed by atoms with Crippen LogP contribution in [0, 0.1) is 5.41 Å². The molecule has 5 amide bonds. The molecular weight excluding hydrogens is 1240 g/mol. The van der Waals surface area contributed by atoms with Crippen molar-refractivity contribution in [2.75, 3.05) is 113 Å². The molecule has 0 saturated carbocycles.